The first-order valence-corrected chi connectivity index (χ1v) is 6.93. The van der Waals surface area contributed by atoms with Crippen LogP contribution in [0.3, 0.4) is 0 Å². The molecular formula is C15H14Cl2N2O2. The summed E-state index contributed by atoms with van der Waals surface area (Å²) < 4.78 is 5.12. The predicted molar refractivity (Wildman–Crippen MR) is 86.8 cm³/mol. The van der Waals surface area contributed by atoms with Gasteiger partial charge in [0.15, 0.2) is 0 Å². The lowest BCUT2D eigenvalue weighted by Gasteiger charge is -2.12. The number of urea groups is 1. The molecule has 0 heterocycles. The maximum Gasteiger partial charge on any atom is 0.323 e. The summed E-state index contributed by atoms with van der Waals surface area (Å²) in [6.07, 6.45) is 0. The van der Waals surface area contributed by atoms with Crippen LogP contribution in [0.25, 0.3) is 0 Å². The van der Waals surface area contributed by atoms with Gasteiger partial charge in [0, 0.05) is 10.7 Å². The number of halogens is 2. The van der Waals surface area contributed by atoms with Crippen molar-refractivity contribution in [3.8, 4) is 5.75 Å². The van der Waals surface area contributed by atoms with Crippen LogP contribution in [-0.2, 0) is 0 Å². The van der Waals surface area contributed by atoms with Gasteiger partial charge < -0.3 is 15.4 Å². The third kappa shape index (κ3) is 4.03. The number of hydrogen-bond donors (Lipinski definition) is 2. The van der Waals surface area contributed by atoms with Crippen molar-refractivity contribution in [2.45, 2.75) is 6.92 Å². The molecule has 110 valence electrons. The average molecular weight is 325 g/mol. The number of methoxy groups -OCH3 is 1. The number of rotatable bonds is 3. The second kappa shape index (κ2) is 6.70. The number of benzene rings is 2. The molecule has 0 atom stereocenters. The highest BCUT2D eigenvalue weighted by atomic mass is 35.5. The molecule has 21 heavy (non-hydrogen) atoms. The Morgan fingerprint density at radius 1 is 1.05 bits per heavy atom. The fourth-order valence-corrected chi connectivity index (χ4v) is 2.11. The first-order chi connectivity index (χ1) is 9.99. The number of aryl methyl sites for hydroxylation is 1. The molecule has 0 aromatic heterocycles. The van der Waals surface area contributed by atoms with Crippen molar-refractivity contribution in [2.24, 2.45) is 0 Å². The Kier molecular flexibility index (Phi) is 4.94. The third-order valence-electron chi connectivity index (χ3n) is 2.86. The molecule has 0 aliphatic carbocycles. The number of ether oxygens (including phenoxy) is 1. The van der Waals surface area contributed by atoms with Gasteiger partial charge in [-0.1, -0.05) is 23.2 Å². The molecule has 0 radical (unpaired) electrons. The SMILES string of the molecule is COc1ccc(NC(=O)Nc2cc(Cl)ccc2Cl)c(C)c1. The van der Waals surface area contributed by atoms with Crippen LogP contribution in [0.1, 0.15) is 5.56 Å². The molecule has 0 spiro atoms. The Morgan fingerprint density at radius 2 is 1.76 bits per heavy atom. The number of anilines is 2. The van der Waals surface area contributed by atoms with E-state index in [1.54, 1.807) is 37.4 Å². The topological polar surface area (TPSA) is 50.4 Å². The molecule has 0 bridgehead atoms. The molecule has 0 aliphatic rings. The Bertz CT molecular complexity index is 675. The summed E-state index contributed by atoms with van der Waals surface area (Å²) in [6, 6.07) is 9.85. The standard InChI is InChI=1S/C15H14Cl2N2O2/c1-9-7-11(21-2)4-6-13(9)18-15(20)19-14-8-10(16)3-5-12(14)17/h3-8H,1-2H3,(H2,18,19,20). The lowest BCUT2D eigenvalue weighted by Crippen LogP contribution is -2.20. The number of amides is 2. The Morgan fingerprint density at radius 3 is 2.43 bits per heavy atom. The lowest BCUT2D eigenvalue weighted by atomic mass is 10.2. The molecule has 2 rings (SSSR count). The molecule has 2 aromatic carbocycles. The maximum absolute atomic E-state index is 12.0. The molecule has 6 heteroatoms. The van der Waals surface area contributed by atoms with Gasteiger partial charge in [0.25, 0.3) is 0 Å². The monoisotopic (exact) mass is 324 g/mol. The van der Waals surface area contributed by atoms with Crippen molar-refractivity contribution in [3.63, 3.8) is 0 Å². The average Bonchev–Trinajstić information content (AvgIpc) is 2.45. The van der Waals surface area contributed by atoms with E-state index in [0.29, 0.717) is 21.4 Å². The van der Waals surface area contributed by atoms with E-state index in [-0.39, 0.29) is 0 Å². The highest BCUT2D eigenvalue weighted by Crippen LogP contribution is 2.26. The lowest BCUT2D eigenvalue weighted by molar-refractivity contribution is 0.262. The number of carbonyl (C=O) groups excluding carboxylic acids is 1. The fraction of sp³-hybridized carbons (Fsp3) is 0.133. The summed E-state index contributed by atoms with van der Waals surface area (Å²) in [6.45, 7) is 1.88. The summed E-state index contributed by atoms with van der Waals surface area (Å²) in [4.78, 5) is 12.0. The number of nitrogens with one attached hydrogen (secondary N) is 2. The van der Waals surface area contributed by atoms with Gasteiger partial charge in [-0.3, -0.25) is 0 Å². The smallest absolute Gasteiger partial charge is 0.323 e. The quantitative estimate of drug-likeness (QED) is 0.838. The molecule has 2 N–H and O–H groups in total. The second-order valence-corrected chi connectivity index (χ2v) is 5.23. The Labute approximate surface area is 133 Å². The summed E-state index contributed by atoms with van der Waals surface area (Å²) >= 11 is 11.9. The van der Waals surface area contributed by atoms with E-state index in [2.05, 4.69) is 10.6 Å². The van der Waals surface area contributed by atoms with Gasteiger partial charge in [-0.15, -0.1) is 0 Å². The van der Waals surface area contributed by atoms with Crippen LogP contribution in [0.4, 0.5) is 16.2 Å². The maximum atomic E-state index is 12.0. The van der Waals surface area contributed by atoms with Crippen LogP contribution in [0.15, 0.2) is 36.4 Å². The number of hydrogen-bond acceptors (Lipinski definition) is 2. The minimum absolute atomic E-state index is 0.396. The van der Waals surface area contributed by atoms with Crippen molar-refractivity contribution in [1.82, 2.24) is 0 Å². The molecule has 0 fully saturated rings. The van der Waals surface area contributed by atoms with E-state index >= 15 is 0 Å². The first kappa shape index (κ1) is 15.5. The highest BCUT2D eigenvalue weighted by Gasteiger charge is 2.08. The minimum atomic E-state index is -0.396. The van der Waals surface area contributed by atoms with Crippen LogP contribution in [-0.4, -0.2) is 13.1 Å². The first-order valence-electron chi connectivity index (χ1n) is 6.17. The van der Waals surface area contributed by atoms with Crippen molar-refractivity contribution < 1.29 is 9.53 Å². The van der Waals surface area contributed by atoms with Crippen molar-refractivity contribution in [1.29, 1.82) is 0 Å². The normalized spacial score (nSPS) is 10.1. The fourth-order valence-electron chi connectivity index (χ4n) is 1.77. The van der Waals surface area contributed by atoms with Crippen molar-refractivity contribution >= 4 is 40.6 Å². The molecule has 0 unspecified atom stereocenters. The van der Waals surface area contributed by atoms with Crippen molar-refractivity contribution in [2.75, 3.05) is 17.7 Å². The predicted octanol–water partition coefficient (Wildman–Crippen LogP) is 4.95. The zero-order valence-corrected chi connectivity index (χ0v) is 13.0. The molecule has 4 nitrogen and oxygen atoms in total. The summed E-state index contributed by atoms with van der Waals surface area (Å²) in [5, 5.41) is 6.32. The molecule has 0 aliphatic heterocycles. The summed E-state index contributed by atoms with van der Waals surface area (Å²) in [5.74, 6) is 0.733. The third-order valence-corrected chi connectivity index (χ3v) is 3.42. The minimum Gasteiger partial charge on any atom is -0.497 e. The van der Waals surface area contributed by atoms with Crippen LogP contribution in [0.2, 0.25) is 10.0 Å². The van der Waals surface area contributed by atoms with E-state index in [0.717, 1.165) is 11.3 Å². The zero-order valence-electron chi connectivity index (χ0n) is 11.5. The molecule has 0 saturated carbocycles. The van der Waals surface area contributed by atoms with Crippen LogP contribution in [0, 0.1) is 6.92 Å². The highest BCUT2D eigenvalue weighted by molar-refractivity contribution is 6.35. The van der Waals surface area contributed by atoms with Gasteiger partial charge in [0.2, 0.25) is 0 Å². The molecule has 0 saturated heterocycles. The van der Waals surface area contributed by atoms with Gasteiger partial charge in [-0.2, -0.15) is 0 Å². The van der Waals surface area contributed by atoms with E-state index in [1.807, 2.05) is 13.0 Å². The second-order valence-electron chi connectivity index (χ2n) is 4.38. The zero-order chi connectivity index (χ0) is 15.4. The van der Waals surface area contributed by atoms with E-state index in [4.69, 9.17) is 27.9 Å². The van der Waals surface area contributed by atoms with Gasteiger partial charge in [-0.25, -0.2) is 4.79 Å². The Hall–Kier alpha value is -1.91. The van der Waals surface area contributed by atoms with Gasteiger partial charge >= 0.3 is 6.03 Å². The summed E-state index contributed by atoms with van der Waals surface area (Å²) in [5.41, 5.74) is 2.03. The molecule has 2 aromatic rings. The van der Waals surface area contributed by atoms with Gasteiger partial charge in [0.05, 0.1) is 17.8 Å². The van der Waals surface area contributed by atoms with E-state index < -0.39 is 6.03 Å². The summed E-state index contributed by atoms with van der Waals surface area (Å²) in [7, 11) is 1.59. The van der Waals surface area contributed by atoms with E-state index in [9.17, 15) is 4.79 Å². The van der Waals surface area contributed by atoms with Crippen LogP contribution < -0.4 is 15.4 Å². The van der Waals surface area contributed by atoms with Crippen LogP contribution in [0.5, 0.6) is 5.75 Å². The van der Waals surface area contributed by atoms with Gasteiger partial charge in [0.1, 0.15) is 5.75 Å². The number of carbonyl (C=O) groups is 1. The van der Waals surface area contributed by atoms with Crippen molar-refractivity contribution in [3.05, 3.63) is 52.0 Å². The molecular weight excluding hydrogens is 311 g/mol. The van der Waals surface area contributed by atoms with Gasteiger partial charge in [-0.05, 0) is 48.9 Å². The Balaban J connectivity index is 2.10. The van der Waals surface area contributed by atoms with E-state index in [1.165, 1.54) is 0 Å². The van der Waals surface area contributed by atoms with Crippen LogP contribution >= 0.6 is 23.2 Å². The largest absolute Gasteiger partial charge is 0.497 e. The molecule has 2 amide bonds.